The smallest absolute Gasteiger partial charge is 0.232 e. The van der Waals surface area contributed by atoms with Gasteiger partial charge in [-0.05, 0) is 23.3 Å². The minimum absolute atomic E-state index is 0.129. The van der Waals surface area contributed by atoms with E-state index in [1.165, 1.54) is 0 Å². The maximum Gasteiger partial charge on any atom is 0.232 e. The zero-order valence-electron chi connectivity index (χ0n) is 10.8. The molecule has 0 aliphatic heterocycles. The lowest BCUT2D eigenvalue weighted by Crippen LogP contribution is -2.06. The number of halogens is 1. The molecule has 0 spiro atoms. The molecule has 0 radical (unpaired) electrons. The summed E-state index contributed by atoms with van der Waals surface area (Å²) in [6, 6.07) is 5.74. The standard InChI is InChI=1S/C14H14ClN5/c1-3-9-5-6-11(7-10(9)4-2)17-14-19-12(8-15)18-13(16)20-14/h3-7H,1-2,8H2,(H3,16,17,18,19,20). The van der Waals surface area contributed by atoms with Gasteiger partial charge in [-0.15, -0.1) is 11.6 Å². The van der Waals surface area contributed by atoms with Crippen LogP contribution in [0, 0.1) is 0 Å². The van der Waals surface area contributed by atoms with E-state index in [9.17, 15) is 0 Å². The predicted octanol–water partition coefficient (Wildman–Crippen LogP) is 3.22. The lowest BCUT2D eigenvalue weighted by molar-refractivity contribution is 0.979. The first kappa shape index (κ1) is 14.0. The van der Waals surface area contributed by atoms with E-state index in [4.69, 9.17) is 17.3 Å². The van der Waals surface area contributed by atoms with Crippen LogP contribution in [-0.2, 0) is 5.88 Å². The number of aromatic nitrogens is 3. The molecule has 0 atom stereocenters. The van der Waals surface area contributed by atoms with Crippen molar-refractivity contribution in [2.75, 3.05) is 11.1 Å². The van der Waals surface area contributed by atoms with Crippen LogP contribution >= 0.6 is 11.6 Å². The van der Waals surface area contributed by atoms with E-state index in [-0.39, 0.29) is 11.8 Å². The zero-order chi connectivity index (χ0) is 14.5. The highest BCUT2D eigenvalue weighted by molar-refractivity contribution is 6.16. The van der Waals surface area contributed by atoms with Crippen molar-refractivity contribution in [2.45, 2.75) is 5.88 Å². The second-order valence-electron chi connectivity index (χ2n) is 3.94. The third kappa shape index (κ3) is 3.13. The minimum Gasteiger partial charge on any atom is -0.368 e. The number of nitrogens with one attached hydrogen (secondary N) is 1. The van der Waals surface area contributed by atoms with Crippen LogP contribution < -0.4 is 11.1 Å². The Labute approximate surface area is 122 Å². The Morgan fingerprint density at radius 2 is 1.90 bits per heavy atom. The summed E-state index contributed by atoms with van der Waals surface area (Å²) in [5, 5.41) is 3.06. The molecule has 6 heteroatoms. The Morgan fingerprint density at radius 1 is 1.15 bits per heavy atom. The monoisotopic (exact) mass is 287 g/mol. The number of benzene rings is 1. The molecule has 3 N–H and O–H groups in total. The van der Waals surface area contributed by atoms with Gasteiger partial charge in [0.05, 0.1) is 5.88 Å². The van der Waals surface area contributed by atoms with E-state index in [0.29, 0.717) is 11.8 Å². The van der Waals surface area contributed by atoms with Crippen LogP contribution in [0.1, 0.15) is 17.0 Å². The van der Waals surface area contributed by atoms with Gasteiger partial charge >= 0.3 is 0 Å². The van der Waals surface area contributed by atoms with Crippen LogP contribution in [0.3, 0.4) is 0 Å². The summed E-state index contributed by atoms with van der Waals surface area (Å²) in [4.78, 5) is 12.1. The molecule has 2 rings (SSSR count). The van der Waals surface area contributed by atoms with Crippen molar-refractivity contribution in [3.63, 3.8) is 0 Å². The van der Waals surface area contributed by atoms with Gasteiger partial charge in [-0.2, -0.15) is 15.0 Å². The van der Waals surface area contributed by atoms with Crippen molar-refractivity contribution in [3.8, 4) is 0 Å². The largest absolute Gasteiger partial charge is 0.368 e. The molecule has 102 valence electrons. The van der Waals surface area contributed by atoms with E-state index in [2.05, 4.69) is 33.4 Å². The SMILES string of the molecule is C=Cc1ccc(Nc2nc(N)nc(CCl)n2)cc1C=C. The number of nitrogens with two attached hydrogens (primary N) is 1. The highest BCUT2D eigenvalue weighted by Gasteiger charge is 2.05. The molecule has 1 heterocycles. The Kier molecular flexibility index (Phi) is 4.32. The van der Waals surface area contributed by atoms with Crippen LogP contribution in [0.15, 0.2) is 31.4 Å². The van der Waals surface area contributed by atoms with Gasteiger partial charge in [-0.3, -0.25) is 0 Å². The van der Waals surface area contributed by atoms with Crippen molar-refractivity contribution >= 4 is 41.3 Å². The minimum atomic E-state index is 0.129. The van der Waals surface area contributed by atoms with Crippen LogP contribution in [0.25, 0.3) is 12.2 Å². The number of rotatable bonds is 5. The number of hydrogen-bond donors (Lipinski definition) is 2. The van der Waals surface area contributed by atoms with Crippen molar-refractivity contribution in [1.82, 2.24) is 15.0 Å². The second kappa shape index (κ2) is 6.16. The summed E-state index contributed by atoms with van der Waals surface area (Å²) in [5.74, 6) is 1.09. The van der Waals surface area contributed by atoms with Gasteiger partial charge in [-0.25, -0.2) is 0 Å². The Bertz CT molecular complexity index is 654. The molecular formula is C14H14ClN5. The number of anilines is 3. The Morgan fingerprint density at radius 3 is 2.55 bits per heavy atom. The van der Waals surface area contributed by atoms with Crippen molar-refractivity contribution in [1.29, 1.82) is 0 Å². The maximum atomic E-state index is 5.70. The number of hydrogen-bond acceptors (Lipinski definition) is 5. The fraction of sp³-hybridized carbons (Fsp3) is 0.0714. The van der Waals surface area contributed by atoms with Gasteiger partial charge in [0.25, 0.3) is 0 Å². The topological polar surface area (TPSA) is 76.7 Å². The maximum absolute atomic E-state index is 5.70. The van der Waals surface area contributed by atoms with Gasteiger partial charge in [-0.1, -0.05) is 31.4 Å². The summed E-state index contributed by atoms with van der Waals surface area (Å²) in [5.41, 5.74) is 8.38. The molecular weight excluding hydrogens is 274 g/mol. The van der Waals surface area contributed by atoms with Gasteiger partial charge in [0.15, 0.2) is 5.82 Å². The highest BCUT2D eigenvalue weighted by Crippen LogP contribution is 2.20. The average Bonchev–Trinajstić information content (AvgIpc) is 2.46. The van der Waals surface area contributed by atoms with Crippen LogP contribution in [0.4, 0.5) is 17.6 Å². The summed E-state index contributed by atoms with van der Waals surface area (Å²) in [7, 11) is 0. The lowest BCUT2D eigenvalue weighted by Gasteiger charge is -2.08. The molecule has 2 aromatic rings. The van der Waals surface area contributed by atoms with Crippen LogP contribution in [0.2, 0.25) is 0 Å². The van der Waals surface area contributed by atoms with Crippen molar-refractivity contribution in [2.24, 2.45) is 0 Å². The Balaban J connectivity index is 2.32. The molecule has 0 bridgehead atoms. The summed E-state index contributed by atoms with van der Waals surface area (Å²) in [6.07, 6.45) is 3.53. The first-order valence-electron chi connectivity index (χ1n) is 5.88. The van der Waals surface area contributed by atoms with Gasteiger partial charge < -0.3 is 11.1 Å². The quantitative estimate of drug-likeness (QED) is 0.826. The Hall–Kier alpha value is -2.40. The van der Waals surface area contributed by atoms with Crippen molar-refractivity contribution in [3.05, 3.63) is 48.3 Å². The molecule has 1 aromatic heterocycles. The van der Waals surface area contributed by atoms with E-state index < -0.39 is 0 Å². The van der Waals surface area contributed by atoms with Crippen LogP contribution in [-0.4, -0.2) is 15.0 Å². The molecule has 0 aliphatic carbocycles. The summed E-state index contributed by atoms with van der Waals surface area (Å²) >= 11 is 5.70. The molecule has 0 saturated heterocycles. The summed E-state index contributed by atoms with van der Waals surface area (Å²) < 4.78 is 0. The molecule has 20 heavy (non-hydrogen) atoms. The number of alkyl halides is 1. The van der Waals surface area contributed by atoms with Gasteiger partial charge in [0, 0.05) is 5.69 Å². The second-order valence-corrected chi connectivity index (χ2v) is 4.21. The third-order valence-corrected chi connectivity index (χ3v) is 2.84. The van der Waals surface area contributed by atoms with Gasteiger partial charge in [0.1, 0.15) is 0 Å². The molecule has 1 aromatic carbocycles. The third-order valence-electron chi connectivity index (χ3n) is 2.60. The first-order chi connectivity index (χ1) is 9.66. The van der Waals surface area contributed by atoms with E-state index in [1.807, 2.05) is 18.2 Å². The molecule has 0 fully saturated rings. The molecule has 0 unspecified atom stereocenters. The van der Waals surface area contributed by atoms with Gasteiger partial charge in [0.2, 0.25) is 11.9 Å². The average molecular weight is 288 g/mol. The fourth-order valence-corrected chi connectivity index (χ4v) is 1.82. The molecule has 5 nitrogen and oxygen atoms in total. The van der Waals surface area contributed by atoms with Crippen LogP contribution in [0.5, 0.6) is 0 Å². The molecule has 0 amide bonds. The zero-order valence-corrected chi connectivity index (χ0v) is 11.6. The summed E-state index contributed by atoms with van der Waals surface area (Å²) in [6.45, 7) is 7.53. The fourth-order valence-electron chi connectivity index (χ4n) is 1.70. The van der Waals surface area contributed by atoms with Crippen molar-refractivity contribution < 1.29 is 0 Å². The first-order valence-corrected chi connectivity index (χ1v) is 6.42. The number of nitrogens with zero attached hydrogens (tertiary/aromatic N) is 3. The van der Waals surface area contributed by atoms with E-state index in [1.54, 1.807) is 12.2 Å². The number of nitrogen functional groups attached to an aromatic ring is 1. The van der Waals surface area contributed by atoms with E-state index >= 15 is 0 Å². The molecule has 0 aliphatic rings. The predicted molar refractivity (Wildman–Crippen MR) is 83.7 cm³/mol. The normalized spacial score (nSPS) is 10.1. The lowest BCUT2D eigenvalue weighted by atomic mass is 10.1. The van der Waals surface area contributed by atoms with E-state index in [0.717, 1.165) is 16.8 Å². The highest BCUT2D eigenvalue weighted by atomic mass is 35.5. The molecule has 0 saturated carbocycles.